The normalized spacial score (nSPS) is 13.7. The van der Waals surface area contributed by atoms with Crippen molar-refractivity contribution in [1.82, 2.24) is 4.90 Å². The quantitative estimate of drug-likeness (QED) is 0.315. The van der Waals surface area contributed by atoms with Gasteiger partial charge in [0.2, 0.25) is 5.91 Å². The molecule has 3 aromatic rings. The summed E-state index contributed by atoms with van der Waals surface area (Å²) in [4.78, 5) is 38.3. The van der Waals surface area contributed by atoms with E-state index in [2.05, 4.69) is 10.6 Å². The number of anilines is 2. The van der Waals surface area contributed by atoms with Crippen LogP contribution in [0.1, 0.15) is 34.0 Å². The number of nitrogens with two attached hydrogens (primary N) is 1. The van der Waals surface area contributed by atoms with Gasteiger partial charge in [0.1, 0.15) is 0 Å². The fraction of sp³-hybridized carbons (Fsp3) is 0.179. The molecule has 0 aromatic heterocycles. The molecule has 0 fully saturated rings. The number of fused-ring (bicyclic) bond motifs is 1. The van der Waals surface area contributed by atoms with Crippen LogP contribution >= 0.6 is 0 Å². The summed E-state index contributed by atoms with van der Waals surface area (Å²) in [5.41, 5.74) is 10.7. The Kier molecular flexibility index (Phi) is 7.46. The second-order valence-electron chi connectivity index (χ2n) is 8.51. The number of carbonyl (C=O) groups is 3. The maximum atomic E-state index is 13.1. The predicted molar refractivity (Wildman–Crippen MR) is 140 cm³/mol. The molecular weight excluding hydrogens is 456 g/mol. The topological polar surface area (TPSA) is 114 Å². The molecule has 0 spiro atoms. The Labute approximate surface area is 209 Å². The van der Waals surface area contributed by atoms with E-state index in [1.165, 1.54) is 0 Å². The van der Waals surface area contributed by atoms with Gasteiger partial charge in [0, 0.05) is 17.8 Å². The molecule has 0 radical (unpaired) electrons. The molecule has 36 heavy (non-hydrogen) atoms. The summed E-state index contributed by atoms with van der Waals surface area (Å²) >= 11 is 0. The summed E-state index contributed by atoms with van der Waals surface area (Å²) in [5.74, 6) is -1.07. The standard InChI is InChI=1S/C28H28N4O4/c1-3-36-28(35)20-11-14-22-23(15-20)31-27(34)25(22)26(19-7-5-4-6-8-19)30-21-12-9-18(10-13-21)16-32(2)17-24(29)33/h4-15,30H,3,16-17H2,1-2H3,(H2,29,33)(H,31,34)/b26-25-. The number of ether oxygens (including phenoxy) is 1. The summed E-state index contributed by atoms with van der Waals surface area (Å²) in [7, 11) is 1.83. The summed E-state index contributed by atoms with van der Waals surface area (Å²) in [6.45, 7) is 2.78. The van der Waals surface area contributed by atoms with E-state index in [4.69, 9.17) is 10.5 Å². The number of primary amides is 1. The van der Waals surface area contributed by atoms with Gasteiger partial charge in [-0.25, -0.2) is 4.79 Å². The highest BCUT2D eigenvalue weighted by Gasteiger charge is 2.29. The molecule has 0 saturated heterocycles. The molecule has 0 saturated carbocycles. The zero-order valence-corrected chi connectivity index (χ0v) is 20.2. The number of hydrogen-bond acceptors (Lipinski definition) is 6. The number of nitrogens with one attached hydrogen (secondary N) is 2. The molecule has 184 valence electrons. The summed E-state index contributed by atoms with van der Waals surface area (Å²) in [5, 5.41) is 6.30. The minimum atomic E-state index is -0.435. The van der Waals surface area contributed by atoms with Crippen molar-refractivity contribution in [2.75, 3.05) is 30.8 Å². The highest BCUT2D eigenvalue weighted by atomic mass is 16.5. The lowest BCUT2D eigenvalue weighted by atomic mass is 9.99. The first-order valence-corrected chi connectivity index (χ1v) is 11.6. The highest BCUT2D eigenvalue weighted by Crippen LogP contribution is 2.38. The lowest BCUT2D eigenvalue weighted by molar-refractivity contribution is -0.119. The van der Waals surface area contributed by atoms with Crippen molar-refractivity contribution in [2.24, 2.45) is 5.73 Å². The van der Waals surface area contributed by atoms with Gasteiger partial charge in [-0.15, -0.1) is 0 Å². The largest absolute Gasteiger partial charge is 0.462 e. The summed E-state index contributed by atoms with van der Waals surface area (Å²) in [6.07, 6.45) is 0. The Bertz CT molecular complexity index is 1320. The Hall–Kier alpha value is -4.43. The molecule has 4 N–H and O–H groups in total. The van der Waals surface area contributed by atoms with Gasteiger partial charge in [-0.1, -0.05) is 48.5 Å². The molecule has 4 rings (SSSR count). The van der Waals surface area contributed by atoms with Crippen molar-refractivity contribution in [1.29, 1.82) is 0 Å². The van der Waals surface area contributed by atoms with E-state index in [0.29, 0.717) is 34.6 Å². The molecule has 1 heterocycles. The van der Waals surface area contributed by atoms with E-state index in [0.717, 1.165) is 16.8 Å². The number of carbonyl (C=O) groups excluding carboxylic acids is 3. The van der Waals surface area contributed by atoms with Gasteiger partial charge in [0.25, 0.3) is 5.91 Å². The first-order valence-electron chi connectivity index (χ1n) is 11.6. The fourth-order valence-corrected chi connectivity index (χ4v) is 4.12. The SMILES string of the molecule is CCOC(=O)c1ccc2c(c1)NC(=O)/C2=C(\Nc1ccc(CN(C)CC(N)=O)cc1)c1ccccc1. The van der Waals surface area contributed by atoms with E-state index in [1.54, 1.807) is 25.1 Å². The van der Waals surface area contributed by atoms with E-state index in [9.17, 15) is 14.4 Å². The van der Waals surface area contributed by atoms with Crippen molar-refractivity contribution in [3.63, 3.8) is 0 Å². The van der Waals surface area contributed by atoms with Gasteiger partial charge in [-0.2, -0.15) is 0 Å². The maximum Gasteiger partial charge on any atom is 0.338 e. The predicted octanol–water partition coefficient (Wildman–Crippen LogP) is 3.71. The average Bonchev–Trinajstić information content (AvgIpc) is 3.18. The van der Waals surface area contributed by atoms with Crippen LogP contribution in [0.2, 0.25) is 0 Å². The number of esters is 1. The Morgan fingerprint density at radius 3 is 2.39 bits per heavy atom. The Morgan fingerprint density at radius 2 is 1.72 bits per heavy atom. The third-order valence-electron chi connectivity index (χ3n) is 5.69. The third-order valence-corrected chi connectivity index (χ3v) is 5.69. The Balaban J connectivity index is 1.68. The van der Waals surface area contributed by atoms with Gasteiger partial charge >= 0.3 is 5.97 Å². The first-order chi connectivity index (χ1) is 17.4. The molecule has 2 amide bonds. The number of hydrogen-bond donors (Lipinski definition) is 3. The van der Waals surface area contributed by atoms with Gasteiger partial charge in [-0.05, 0) is 49.4 Å². The van der Waals surface area contributed by atoms with Gasteiger partial charge < -0.3 is 21.1 Å². The van der Waals surface area contributed by atoms with Crippen LogP contribution in [-0.4, -0.2) is 42.9 Å². The molecule has 0 aliphatic carbocycles. The van der Waals surface area contributed by atoms with Crippen LogP contribution in [0.5, 0.6) is 0 Å². The van der Waals surface area contributed by atoms with Crippen molar-refractivity contribution < 1.29 is 19.1 Å². The lowest BCUT2D eigenvalue weighted by Crippen LogP contribution is -2.30. The number of likely N-dealkylation sites (N-methyl/N-ethyl adjacent to an activating group) is 1. The zero-order chi connectivity index (χ0) is 25.7. The van der Waals surface area contributed by atoms with Gasteiger partial charge in [0.15, 0.2) is 0 Å². The minimum Gasteiger partial charge on any atom is -0.462 e. The Morgan fingerprint density at radius 1 is 1.00 bits per heavy atom. The molecule has 1 aliphatic heterocycles. The molecule has 0 unspecified atom stereocenters. The lowest BCUT2D eigenvalue weighted by Gasteiger charge is -2.17. The second-order valence-corrected chi connectivity index (χ2v) is 8.51. The van der Waals surface area contributed by atoms with Crippen LogP contribution < -0.4 is 16.4 Å². The fourth-order valence-electron chi connectivity index (χ4n) is 4.12. The van der Waals surface area contributed by atoms with E-state index < -0.39 is 5.97 Å². The number of benzene rings is 3. The van der Waals surface area contributed by atoms with Crippen LogP contribution in [-0.2, 0) is 20.9 Å². The highest BCUT2D eigenvalue weighted by molar-refractivity contribution is 6.37. The van der Waals surface area contributed by atoms with Crippen LogP contribution in [0.3, 0.4) is 0 Å². The van der Waals surface area contributed by atoms with E-state index in [-0.39, 0.29) is 25.0 Å². The van der Waals surface area contributed by atoms with Gasteiger partial charge in [0.05, 0.1) is 35.7 Å². The smallest absolute Gasteiger partial charge is 0.338 e. The zero-order valence-electron chi connectivity index (χ0n) is 20.2. The minimum absolute atomic E-state index is 0.177. The molecule has 8 nitrogen and oxygen atoms in total. The molecule has 8 heteroatoms. The van der Waals surface area contributed by atoms with Crippen LogP contribution in [0, 0.1) is 0 Å². The van der Waals surface area contributed by atoms with Crippen LogP contribution in [0.15, 0.2) is 72.8 Å². The van der Waals surface area contributed by atoms with Crippen LogP contribution in [0.4, 0.5) is 11.4 Å². The second kappa shape index (κ2) is 10.9. The number of nitrogens with zero attached hydrogens (tertiary/aromatic N) is 1. The van der Waals surface area contributed by atoms with Crippen molar-refractivity contribution in [3.8, 4) is 0 Å². The first kappa shape index (κ1) is 24.7. The number of amides is 2. The van der Waals surface area contributed by atoms with Crippen molar-refractivity contribution in [3.05, 3.63) is 95.1 Å². The molecule has 0 bridgehead atoms. The maximum absolute atomic E-state index is 13.1. The average molecular weight is 485 g/mol. The van der Waals surface area contributed by atoms with Gasteiger partial charge in [-0.3, -0.25) is 14.5 Å². The molecule has 1 aliphatic rings. The van der Waals surface area contributed by atoms with E-state index >= 15 is 0 Å². The van der Waals surface area contributed by atoms with Crippen molar-refractivity contribution in [2.45, 2.75) is 13.5 Å². The molecule has 0 atom stereocenters. The van der Waals surface area contributed by atoms with E-state index in [1.807, 2.05) is 66.5 Å². The molecular formula is C28H28N4O4. The third kappa shape index (κ3) is 5.61. The summed E-state index contributed by atoms with van der Waals surface area (Å²) in [6, 6.07) is 22.4. The summed E-state index contributed by atoms with van der Waals surface area (Å²) < 4.78 is 5.09. The van der Waals surface area contributed by atoms with Crippen LogP contribution in [0.25, 0.3) is 11.3 Å². The van der Waals surface area contributed by atoms with Crippen molar-refractivity contribution >= 4 is 40.4 Å². The molecule has 3 aromatic carbocycles. The monoisotopic (exact) mass is 484 g/mol. The number of rotatable bonds is 9.